The van der Waals surface area contributed by atoms with Gasteiger partial charge in [-0.3, -0.25) is 9.59 Å². The molecule has 0 aliphatic heterocycles. The van der Waals surface area contributed by atoms with Gasteiger partial charge in [-0.15, -0.1) is 0 Å². The van der Waals surface area contributed by atoms with Crippen LogP contribution in [0.1, 0.15) is 40.1 Å². The molecule has 0 aliphatic carbocycles. The lowest BCUT2D eigenvalue weighted by Crippen LogP contribution is -2.01. The number of Topliss-reactive ketones (excluding diaryl/α,β-unsaturated/α-hetero) is 1. The van der Waals surface area contributed by atoms with Crippen LogP contribution in [-0.4, -0.2) is 23.2 Å². The normalized spacial score (nSPS) is 11.1. The van der Waals surface area contributed by atoms with Crippen molar-refractivity contribution >= 4 is 33.4 Å². The molecule has 0 saturated carbocycles. The molecule has 4 heteroatoms. The Labute approximate surface area is 163 Å². The van der Waals surface area contributed by atoms with E-state index < -0.39 is 0 Å². The number of carbonyl (C=O) groups excluding carboxylic acids is 2. The molecule has 4 nitrogen and oxygen atoms in total. The van der Waals surface area contributed by atoms with Crippen molar-refractivity contribution in [3.63, 3.8) is 0 Å². The molecular weight excluding hydrogens is 350 g/mol. The van der Waals surface area contributed by atoms with Gasteiger partial charge in [-0.25, -0.2) is 0 Å². The van der Waals surface area contributed by atoms with E-state index in [2.05, 4.69) is 11.5 Å². The number of nitrogens with zero attached hydrogens (tertiary/aromatic N) is 1. The molecule has 0 saturated heterocycles. The second-order valence-electron chi connectivity index (χ2n) is 6.82. The van der Waals surface area contributed by atoms with Gasteiger partial charge >= 0.3 is 0 Å². The third kappa shape index (κ3) is 2.87. The van der Waals surface area contributed by atoms with Crippen LogP contribution in [0.5, 0.6) is 5.75 Å². The molecule has 0 amide bonds. The smallest absolute Gasteiger partial charge is 0.193 e. The number of aryl methyl sites for hydroxylation is 1. The average molecular weight is 371 g/mol. The van der Waals surface area contributed by atoms with Gasteiger partial charge in [0, 0.05) is 45.0 Å². The molecule has 3 aromatic carbocycles. The highest BCUT2D eigenvalue weighted by molar-refractivity contribution is 6.15. The summed E-state index contributed by atoms with van der Waals surface area (Å²) in [6.45, 7) is 4.47. The molecule has 0 spiro atoms. The molecule has 4 rings (SSSR count). The Hall–Kier alpha value is -3.40. The van der Waals surface area contributed by atoms with Crippen molar-refractivity contribution in [2.75, 3.05) is 7.11 Å². The lowest BCUT2D eigenvalue weighted by Gasteiger charge is -2.05. The van der Waals surface area contributed by atoms with E-state index in [1.807, 2.05) is 36.4 Å². The standard InChI is InChI=1S/C24H21NO3/c1-4-25-22-11-7-17(15(2)26)13-20(22)21-14-18(8-12-23(21)25)24(27)16-5-9-19(28-3)10-6-16/h5-14H,4H2,1-3H3. The van der Waals surface area contributed by atoms with Crippen molar-refractivity contribution in [3.05, 3.63) is 77.4 Å². The van der Waals surface area contributed by atoms with Gasteiger partial charge < -0.3 is 9.30 Å². The number of rotatable bonds is 5. The van der Waals surface area contributed by atoms with Crippen LogP contribution in [0.15, 0.2) is 60.7 Å². The fraction of sp³-hybridized carbons (Fsp3) is 0.167. The Balaban J connectivity index is 1.89. The molecule has 0 N–H and O–H groups in total. The summed E-state index contributed by atoms with van der Waals surface area (Å²) in [5, 5.41) is 1.98. The minimum absolute atomic E-state index is 0.0322. The minimum atomic E-state index is -0.0373. The number of benzene rings is 3. The van der Waals surface area contributed by atoms with E-state index in [1.54, 1.807) is 38.3 Å². The summed E-state index contributed by atoms with van der Waals surface area (Å²) < 4.78 is 7.37. The van der Waals surface area contributed by atoms with E-state index in [4.69, 9.17) is 4.74 Å². The predicted octanol–water partition coefficient (Wildman–Crippen LogP) is 5.26. The van der Waals surface area contributed by atoms with Crippen molar-refractivity contribution in [2.24, 2.45) is 0 Å². The number of hydrogen-bond donors (Lipinski definition) is 0. The molecule has 0 fully saturated rings. The molecule has 0 bridgehead atoms. The molecular formula is C24H21NO3. The minimum Gasteiger partial charge on any atom is -0.497 e. The fourth-order valence-corrected chi connectivity index (χ4v) is 3.71. The Morgan fingerprint density at radius 2 is 1.36 bits per heavy atom. The summed E-state index contributed by atoms with van der Waals surface area (Å²) in [6, 6.07) is 18.7. The van der Waals surface area contributed by atoms with Gasteiger partial charge in [0.15, 0.2) is 11.6 Å². The van der Waals surface area contributed by atoms with Gasteiger partial charge in [0.2, 0.25) is 0 Å². The van der Waals surface area contributed by atoms with Crippen molar-refractivity contribution in [3.8, 4) is 5.75 Å². The van der Waals surface area contributed by atoms with Crippen molar-refractivity contribution in [1.82, 2.24) is 4.57 Å². The molecule has 0 unspecified atom stereocenters. The molecule has 1 aromatic heterocycles. The first-order valence-corrected chi connectivity index (χ1v) is 9.29. The maximum absolute atomic E-state index is 13.0. The van der Waals surface area contributed by atoms with Crippen LogP contribution in [-0.2, 0) is 6.54 Å². The number of ketones is 2. The van der Waals surface area contributed by atoms with Crippen LogP contribution >= 0.6 is 0 Å². The van der Waals surface area contributed by atoms with Gasteiger partial charge in [0.25, 0.3) is 0 Å². The van der Waals surface area contributed by atoms with Crippen LogP contribution in [0, 0.1) is 0 Å². The number of carbonyl (C=O) groups is 2. The fourth-order valence-electron chi connectivity index (χ4n) is 3.71. The number of hydrogen-bond acceptors (Lipinski definition) is 3. The Morgan fingerprint density at radius 1 is 0.821 bits per heavy atom. The lowest BCUT2D eigenvalue weighted by atomic mass is 10.0. The van der Waals surface area contributed by atoms with Crippen LogP contribution in [0.2, 0.25) is 0 Å². The van der Waals surface area contributed by atoms with Gasteiger partial charge in [0.05, 0.1) is 7.11 Å². The maximum atomic E-state index is 13.0. The second kappa shape index (κ2) is 6.97. The number of aromatic nitrogens is 1. The van der Waals surface area contributed by atoms with Crippen LogP contribution < -0.4 is 4.74 Å². The summed E-state index contributed by atoms with van der Waals surface area (Å²) in [6.07, 6.45) is 0. The van der Waals surface area contributed by atoms with Crippen molar-refractivity contribution < 1.29 is 14.3 Å². The summed E-state index contributed by atoms with van der Waals surface area (Å²) >= 11 is 0. The third-order valence-electron chi connectivity index (χ3n) is 5.20. The topological polar surface area (TPSA) is 48.3 Å². The first-order valence-electron chi connectivity index (χ1n) is 9.29. The zero-order valence-corrected chi connectivity index (χ0v) is 16.2. The largest absolute Gasteiger partial charge is 0.497 e. The third-order valence-corrected chi connectivity index (χ3v) is 5.20. The van der Waals surface area contributed by atoms with Crippen molar-refractivity contribution in [1.29, 1.82) is 0 Å². The Kier molecular flexibility index (Phi) is 4.47. The van der Waals surface area contributed by atoms with Crippen LogP contribution in [0.25, 0.3) is 21.8 Å². The Morgan fingerprint density at radius 3 is 1.89 bits per heavy atom. The SMILES string of the molecule is CCn1c2ccc(C(C)=O)cc2c2cc(C(=O)c3ccc(OC)cc3)ccc21. The second-order valence-corrected chi connectivity index (χ2v) is 6.82. The van der Waals surface area contributed by atoms with E-state index >= 15 is 0 Å². The molecule has 140 valence electrons. The molecule has 0 radical (unpaired) electrons. The van der Waals surface area contributed by atoms with E-state index in [1.165, 1.54) is 0 Å². The van der Waals surface area contributed by atoms with E-state index in [0.717, 1.165) is 34.1 Å². The van der Waals surface area contributed by atoms with Crippen LogP contribution in [0.4, 0.5) is 0 Å². The molecule has 0 aliphatic rings. The van der Waals surface area contributed by atoms with Crippen LogP contribution in [0.3, 0.4) is 0 Å². The highest BCUT2D eigenvalue weighted by Crippen LogP contribution is 2.31. The highest BCUT2D eigenvalue weighted by atomic mass is 16.5. The molecule has 1 heterocycles. The summed E-state index contributed by atoms with van der Waals surface area (Å²) in [5.41, 5.74) is 4.04. The lowest BCUT2D eigenvalue weighted by molar-refractivity contribution is 0.101. The van der Waals surface area contributed by atoms with Gasteiger partial charge in [0.1, 0.15) is 5.75 Å². The number of methoxy groups -OCH3 is 1. The highest BCUT2D eigenvalue weighted by Gasteiger charge is 2.15. The first kappa shape index (κ1) is 18.0. The average Bonchev–Trinajstić information content (AvgIpc) is 3.05. The predicted molar refractivity (Wildman–Crippen MR) is 112 cm³/mol. The van der Waals surface area contributed by atoms with E-state index in [9.17, 15) is 9.59 Å². The zero-order chi connectivity index (χ0) is 19.8. The van der Waals surface area contributed by atoms with Gasteiger partial charge in [-0.1, -0.05) is 0 Å². The first-order chi connectivity index (χ1) is 13.5. The maximum Gasteiger partial charge on any atom is 0.193 e. The van der Waals surface area contributed by atoms with Crippen molar-refractivity contribution in [2.45, 2.75) is 20.4 Å². The number of ether oxygens (including phenoxy) is 1. The molecule has 0 atom stereocenters. The molecule has 28 heavy (non-hydrogen) atoms. The summed E-state index contributed by atoms with van der Waals surface area (Å²) in [4.78, 5) is 24.8. The summed E-state index contributed by atoms with van der Waals surface area (Å²) in [5.74, 6) is 0.712. The van der Waals surface area contributed by atoms with Gasteiger partial charge in [-0.05, 0) is 74.5 Å². The monoisotopic (exact) mass is 371 g/mol. The van der Waals surface area contributed by atoms with Gasteiger partial charge in [-0.2, -0.15) is 0 Å². The quantitative estimate of drug-likeness (QED) is 0.450. The van der Waals surface area contributed by atoms with E-state index in [-0.39, 0.29) is 11.6 Å². The number of fused-ring (bicyclic) bond motifs is 3. The Bertz CT molecular complexity index is 1220. The zero-order valence-electron chi connectivity index (χ0n) is 16.2. The van der Waals surface area contributed by atoms with E-state index in [0.29, 0.717) is 16.7 Å². The molecule has 4 aromatic rings. The summed E-state index contributed by atoms with van der Waals surface area (Å²) in [7, 11) is 1.60.